The van der Waals surface area contributed by atoms with Gasteiger partial charge in [-0.25, -0.2) is 15.0 Å². The average Bonchev–Trinajstić information content (AvgIpc) is 3.30. The zero-order chi connectivity index (χ0) is 28.6. The van der Waals surface area contributed by atoms with Crippen molar-refractivity contribution in [3.05, 3.63) is 82.9 Å². The number of hydrogen-bond donors (Lipinski definition) is 1. The topological polar surface area (TPSA) is 72.7 Å². The van der Waals surface area contributed by atoms with Crippen molar-refractivity contribution in [2.45, 2.75) is 82.5 Å². The Balaban J connectivity index is 1.49. The van der Waals surface area contributed by atoms with Crippen LogP contribution in [0.25, 0.3) is 11.2 Å². The Bertz CT molecular complexity index is 1510. The minimum atomic E-state index is -4.40. The number of imidazole rings is 1. The molecule has 2 aliphatic carbocycles. The van der Waals surface area contributed by atoms with Crippen LogP contribution in [0.1, 0.15) is 96.8 Å². The lowest BCUT2D eigenvalue weighted by Gasteiger charge is -2.33. The van der Waals surface area contributed by atoms with Gasteiger partial charge in [-0.2, -0.15) is 13.2 Å². The second-order valence-electron chi connectivity index (χ2n) is 11.5. The highest BCUT2D eigenvalue weighted by atomic mass is 19.4. The van der Waals surface area contributed by atoms with Gasteiger partial charge in [0.05, 0.1) is 5.56 Å². The third-order valence-corrected chi connectivity index (χ3v) is 8.92. The van der Waals surface area contributed by atoms with Crippen molar-refractivity contribution in [3.63, 3.8) is 0 Å². The molecule has 0 spiro atoms. The molecule has 3 unspecified atom stereocenters. The molecule has 0 radical (unpaired) electrons. The fourth-order valence-electron chi connectivity index (χ4n) is 6.46. The van der Waals surface area contributed by atoms with Gasteiger partial charge in [0.15, 0.2) is 23.6 Å². The molecule has 2 aromatic heterocycles. The van der Waals surface area contributed by atoms with Crippen molar-refractivity contribution in [1.29, 1.82) is 0 Å². The van der Waals surface area contributed by atoms with E-state index in [-0.39, 0.29) is 23.7 Å². The number of alkyl halides is 3. The Morgan fingerprint density at radius 1 is 0.927 bits per heavy atom. The van der Waals surface area contributed by atoms with Gasteiger partial charge in [0.1, 0.15) is 11.3 Å². The predicted octanol–water partition coefficient (Wildman–Crippen LogP) is 7.75. The van der Waals surface area contributed by atoms with Crippen LogP contribution < -0.4 is 5.32 Å². The minimum absolute atomic E-state index is 0.0646. The van der Waals surface area contributed by atoms with Crippen molar-refractivity contribution in [1.82, 2.24) is 19.5 Å². The van der Waals surface area contributed by atoms with E-state index in [1.807, 2.05) is 6.07 Å². The molecule has 41 heavy (non-hydrogen) atoms. The first kappa shape index (κ1) is 27.4. The molecule has 214 valence electrons. The third-order valence-electron chi connectivity index (χ3n) is 8.92. The molecule has 0 saturated heterocycles. The van der Waals surface area contributed by atoms with Crippen molar-refractivity contribution in [2.75, 3.05) is 5.32 Å². The molecule has 4 aromatic rings. The van der Waals surface area contributed by atoms with Gasteiger partial charge in [-0.15, -0.1) is 0 Å². The number of rotatable bonds is 8. The van der Waals surface area contributed by atoms with Crippen LogP contribution in [0.4, 0.5) is 19.0 Å². The zero-order valence-corrected chi connectivity index (χ0v) is 23.1. The number of carbonyl (C=O) groups is 1. The number of aromatic nitrogens is 4. The van der Waals surface area contributed by atoms with Crippen LogP contribution in [-0.4, -0.2) is 31.8 Å². The molecule has 0 amide bonds. The van der Waals surface area contributed by atoms with E-state index in [4.69, 9.17) is 4.98 Å². The van der Waals surface area contributed by atoms with Gasteiger partial charge in [-0.1, -0.05) is 61.7 Å². The van der Waals surface area contributed by atoms with E-state index in [1.54, 1.807) is 0 Å². The number of nitrogens with one attached hydrogen (secondary N) is 1. The normalized spacial score (nSPS) is 20.5. The second kappa shape index (κ2) is 11.3. The van der Waals surface area contributed by atoms with Gasteiger partial charge in [0.2, 0.25) is 0 Å². The maximum atomic E-state index is 13.3. The van der Waals surface area contributed by atoms with Crippen LogP contribution in [-0.2, 0) is 12.7 Å². The highest BCUT2D eigenvalue weighted by Gasteiger charge is 2.34. The van der Waals surface area contributed by atoms with Gasteiger partial charge < -0.3 is 9.88 Å². The van der Waals surface area contributed by atoms with E-state index in [9.17, 15) is 18.0 Å². The standard InChI is InChI=1S/C32H34F3N5O/c1-20(22-10-7-11-22)36-29-28-30(38-27(19-41)37-29)39-31(26-13-6-5-12-25(26)23-8-3-2-4-9-23)40(28)18-21-14-16-24(17-15-21)32(33,34)35/h2-4,8-9,14-17,19-20,22,25-26H,5-7,10-13,18H2,1H3,(H,36,37,38). The Kier molecular flexibility index (Phi) is 7.53. The highest BCUT2D eigenvalue weighted by molar-refractivity contribution is 5.87. The van der Waals surface area contributed by atoms with Crippen LogP contribution in [0.5, 0.6) is 0 Å². The van der Waals surface area contributed by atoms with Crippen LogP contribution in [0.2, 0.25) is 0 Å². The van der Waals surface area contributed by atoms with Gasteiger partial charge in [-0.05, 0) is 67.7 Å². The number of nitrogens with zero attached hydrogens (tertiary/aromatic N) is 4. The predicted molar refractivity (Wildman–Crippen MR) is 152 cm³/mol. The molecule has 2 aromatic carbocycles. The summed E-state index contributed by atoms with van der Waals surface area (Å²) in [4.78, 5) is 26.0. The lowest BCUT2D eigenvalue weighted by molar-refractivity contribution is -0.137. The van der Waals surface area contributed by atoms with Crippen molar-refractivity contribution < 1.29 is 18.0 Å². The summed E-state index contributed by atoms with van der Waals surface area (Å²) in [5, 5.41) is 3.56. The summed E-state index contributed by atoms with van der Waals surface area (Å²) in [7, 11) is 0. The van der Waals surface area contributed by atoms with Crippen LogP contribution in [0.15, 0.2) is 54.6 Å². The summed E-state index contributed by atoms with van der Waals surface area (Å²) in [6.07, 6.45) is 3.86. The lowest BCUT2D eigenvalue weighted by Crippen LogP contribution is -2.31. The number of anilines is 1. The van der Waals surface area contributed by atoms with E-state index < -0.39 is 11.7 Å². The second-order valence-corrected chi connectivity index (χ2v) is 11.5. The fourth-order valence-corrected chi connectivity index (χ4v) is 6.46. The van der Waals surface area contributed by atoms with Gasteiger partial charge in [0.25, 0.3) is 0 Å². The molecule has 0 bridgehead atoms. The molecule has 3 atom stereocenters. The fraction of sp³-hybridized carbons (Fsp3) is 0.438. The quantitative estimate of drug-likeness (QED) is 0.223. The van der Waals surface area contributed by atoms with Crippen molar-refractivity contribution >= 4 is 23.3 Å². The molecule has 0 aliphatic heterocycles. The van der Waals surface area contributed by atoms with Crippen LogP contribution in [0.3, 0.4) is 0 Å². The summed E-state index contributed by atoms with van der Waals surface area (Å²) < 4.78 is 42.0. The smallest absolute Gasteiger partial charge is 0.365 e. The Morgan fingerprint density at radius 2 is 1.63 bits per heavy atom. The van der Waals surface area contributed by atoms with E-state index >= 15 is 0 Å². The number of halogens is 3. The molecule has 9 heteroatoms. The molecule has 1 N–H and O–H groups in total. The van der Waals surface area contributed by atoms with E-state index in [0.717, 1.165) is 62.0 Å². The highest BCUT2D eigenvalue weighted by Crippen LogP contribution is 2.45. The van der Waals surface area contributed by atoms with E-state index in [0.29, 0.717) is 35.7 Å². The average molecular weight is 562 g/mol. The molecule has 2 saturated carbocycles. The monoisotopic (exact) mass is 561 g/mol. The molecule has 2 heterocycles. The maximum Gasteiger partial charge on any atom is 0.416 e. The number of benzene rings is 2. The number of hydrogen-bond acceptors (Lipinski definition) is 5. The first-order valence-electron chi connectivity index (χ1n) is 14.5. The first-order chi connectivity index (χ1) is 19.8. The Labute approximate surface area is 237 Å². The van der Waals surface area contributed by atoms with Gasteiger partial charge >= 0.3 is 6.18 Å². The minimum Gasteiger partial charge on any atom is -0.365 e. The number of carbonyl (C=O) groups excluding carboxylic acids is 1. The maximum absolute atomic E-state index is 13.3. The third kappa shape index (κ3) is 5.59. The summed E-state index contributed by atoms with van der Waals surface area (Å²) in [6.45, 7) is 2.45. The van der Waals surface area contributed by atoms with Crippen LogP contribution >= 0.6 is 0 Å². The molecule has 6 rings (SSSR count). The summed E-state index contributed by atoms with van der Waals surface area (Å²) >= 11 is 0. The van der Waals surface area contributed by atoms with Gasteiger partial charge in [-0.3, -0.25) is 4.79 Å². The van der Waals surface area contributed by atoms with Crippen molar-refractivity contribution in [3.8, 4) is 0 Å². The first-order valence-corrected chi connectivity index (χ1v) is 14.5. The zero-order valence-electron chi connectivity index (χ0n) is 23.1. The molecule has 6 nitrogen and oxygen atoms in total. The SMILES string of the molecule is CC(Nc1nc(C=O)nc2nc(C3CCCCC3c3ccccc3)n(Cc3ccc(C(F)(F)F)cc3)c12)C1CCC1. The Hall–Kier alpha value is -3.75. The molecular formula is C32H34F3N5O. The molecule has 2 aliphatic rings. The molecular weight excluding hydrogens is 527 g/mol. The van der Waals surface area contributed by atoms with Gasteiger partial charge in [0, 0.05) is 18.5 Å². The Morgan fingerprint density at radius 3 is 2.27 bits per heavy atom. The summed E-state index contributed by atoms with van der Waals surface area (Å²) in [5.41, 5.74) is 2.42. The van der Waals surface area contributed by atoms with E-state index in [1.165, 1.54) is 24.1 Å². The van der Waals surface area contributed by atoms with Crippen LogP contribution in [0, 0.1) is 5.92 Å². The summed E-state index contributed by atoms with van der Waals surface area (Å²) in [5.74, 6) is 2.31. The van der Waals surface area contributed by atoms with Crippen molar-refractivity contribution in [2.24, 2.45) is 5.92 Å². The summed E-state index contributed by atoms with van der Waals surface area (Å²) in [6, 6.07) is 15.9. The molecule has 2 fully saturated rings. The lowest BCUT2D eigenvalue weighted by atomic mass is 9.75. The largest absolute Gasteiger partial charge is 0.416 e. The van der Waals surface area contributed by atoms with E-state index in [2.05, 4.69) is 51.0 Å². The number of aldehydes is 1. The number of fused-ring (bicyclic) bond motifs is 1.